The molecule has 0 fully saturated rings. The van der Waals surface area contributed by atoms with Crippen LogP contribution < -0.4 is 5.32 Å². The second-order valence-corrected chi connectivity index (χ2v) is 5.58. The smallest absolute Gasteiger partial charge is 0.345 e. The second-order valence-electron chi connectivity index (χ2n) is 4.49. The maximum absolute atomic E-state index is 10.9. The highest BCUT2D eigenvalue weighted by atomic mass is 32.1. The Bertz CT molecular complexity index is 562. The summed E-state index contributed by atoms with van der Waals surface area (Å²) >= 11 is 1.26. The molecule has 0 spiro atoms. The number of carboxylic acids is 1. The molecule has 108 valence electrons. The molecule has 2 N–H and O–H groups in total. The van der Waals surface area contributed by atoms with Gasteiger partial charge in [-0.15, -0.1) is 11.3 Å². The van der Waals surface area contributed by atoms with Gasteiger partial charge in [0.05, 0.1) is 4.88 Å². The van der Waals surface area contributed by atoms with Crippen LogP contribution in [0.5, 0.6) is 0 Å². The van der Waals surface area contributed by atoms with E-state index in [1.807, 2.05) is 23.0 Å². The third-order valence-corrected chi connectivity index (χ3v) is 4.05. The van der Waals surface area contributed by atoms with Crippen LogP contribution in [-0.2, 0) is 6.54 Å². The number of hydrogen-bond acceptors (Lipinski definition) is 4. The zero-order valence-electron chi connectivity index (χ0n) is 11.5. The van der Waals surface area contributed by atoms with Crippen molar-refractivity contribution in [2.24, 2.45) is 0 Å². The molecular formula is C14H19N3O2S. The standard InChI is InChI=1S/C14H19N3O2S/c1-2-15-8-3-4-9-17-10-7-11(16-17)12-5-6-13(20-12)14(18)19/h5-7,10,15H,2-4,8-9H2,1H3,(H,18,19). The van der Waals surface area contributed by atoms with Gasteiger partial charge in [0.15, 0.2) is 0 Å². The maximum Gasteiger partial charge on any atom is 0.345 e. The largest absolute Gasteiger partial charge is 0.477 e. The van der Waals surface area contributed by atoms with Crippen LogP contribution in [-0.4, -0.2) is 33.9 Å². The van der Waals surface area contributed by atoms with Gasteiger partial charge in [-0.2, -0.15) is 5.10 Å². The van der Waals surface area contributed by atoms with Crippen molar-refractivity contribution in [2.75, 3.05) is 13.1 Å². The van der Waals surface area contributed by atoms with E-state index < -0.39 is 5.97 Å². The number of unbranched alkanes of at least 4 members (excludes halogenated alkanes) is 1. The van der Waals surface area contributed by atoms with Crippen LogP contribution in [0.2, 0.25) is 0 Å². The normalized spacial score (nSPS) is 10.8. The minimum atomic E-state index is -0.885. The molecule has 2 aromatic rings. The Hall–Kier alpha value is -1.66. The molecule has 0 aliphatic carbocycles. The van der Waals surface area contributed by atoms with Crippen LogP contribution in [0, 0.1) is 0 Å². The summed E-state index contributed by atoms with van der Waals surface area (Å²) in [6.45, 7) is 5.04. The first-order valence-corrected chi connectivity index (χ1v) is 7.60. The van der Waals surface area contributed by atoms with Gasteiger partial charge in [-0.05, 0) is 44.1 Å². The molecule has 2 rings (SSSR count). The number of carboxylic acid groups (broad SMARTS) is 1. The summed E-state index contributed by atoms with van der Waals surface area (Å²) in [5.41, 5.74) is 0.842. The third kappa shape index (κ3) is 3.91. The van der Waals surface area contributed by atoms with E-state index in [-0.39, 0.29) is 0 Å². The molecule has 0 amide bonds. The first-order valence-electron chi connectivity index (χ1n) is 6.78. The van der Waals surface area contributed by atoms with E-state index in [0.717, 1.165) is 43.0 Å². The van der Waals surface area contributed by atoms with Crippen LogP contribution >= 0.6 is 11.3 Å². The van der Waals surface area contributed by atoms with Gasteiger partial charge in [0.2, 0.25) is 0 Å². The zero-order valence-corrected chi connectivity index (χ0v) is 12.3. The number of nitrogens with one attached hydrogen (secondary N) is 1. The SMILES string of the molecule is CCNCCCCn1ccc(-c2ccc(C(=O)O)s2)n1. The van der Waals surface area contributed by atoms with E-state index in [2.05, 4.69) is 17.3 Å². The highest BCUT2D eigenvalue weighted by Gasteiger charge is 2.10. The van der Waals surface area contributed by atoms with Crippen molar-refractivity contribution in [3.8, 4) is 10.6 Å². The zero-order chi connectivity index (χ0) is 14.4. The Balaban J connectivity index is 1.89. The molecule has 0 saturated carbocycles. The lowest BCUT2D eigenvalue weighted by Crippen LogP contribution is -2.14. The Morgan fingerprint density at radius 3 is 2.95 bits per heavy atom. The number of aromatic nitrogens is 2. The van der Waals surface area contributed by atoms with Gasteiger partial charge in [-0.1, -0.05) is 6.92 Å². The van der Waals surface area contributed by atoms with E-state index in [9.17, 15) is 4.79 Å². The summed E-state index contributed by atoms with van der Waals surface area (Å²) < 4.78 is 1.92. The molecule has 5 nitrogen and oxygen atoms in total. The fourth-order valence-electron chi connectivity index (χ4n) is 1.91. The molecular weight excluding hydrogens is 274 g/mol. The lowest BCUT2D eigenvalue weighted by atomic mass is 10.3. The van der Waals surface area contributed by atoms with E-state index in [1.54, 1.807) is 6.07 Å². The fraction of sp³-hybridized carbons (Fsp3) is 0.429. The fourth-order valence-corrected chi connectivity index (χ4v) is 2.72. The van der Waals surface area contributed by atoms with Crippen molar-refractivity contribution in [1.29, 1.82) is 0 Å². The highest BCUT2D eigenvalue weighted by Crippen LogP contribution is 2.26. The Labute approximate surface area is 122 Å². The van der Waals surface area contributed by atoms with Crippen molar-refractivity contribution in [2.45, 2.75) is 26.3 Å². The van der Waals surface area contributed by atoms with Crippen LogP contribution in [0.4, 0.5) is 0 Å². The van der Waals surface area contributed by atoms with Crippen LogP contribution in [0.15, 0.2) is 24.4 Å². The van der Waals surface area contributed by atoms with Gasteiger partial charge >= 0.3 is 5.97 Å². The maximum atomic E-state index is 10.9. The Kier molecular flexibility index (Phi) is 5.31. The molecule has 20 heavy (non-hydrogen) atoms. The number of aryl methyl sites for hydroxylation is 1. The van der Waals surface area contributed by atoms with Crippen LogP contribution in [0.1, 0.15) is 29.4 Å². The Morgan fingerprint density at radius 2 is 2.25 bits per heavy atom. The molecule has 0 bridgehead atoms. The second kappa shape index (κ2) is 7.21. The van der Waals surface area contributed by atoms with Crippen LogP contribution in [0.25, 0.3) is 10.6 Å². The van der Waals surface area contributed by atoms with Crippen molar-refractivity contribution in [3.63, 3.8) is 0 Å². The molecule has 0 aromatic carbocycles. The molecule has 2 aromatic heterocycles. The number of rotatable bonds is 8. The molecule has 0 saturated heterocycles. The minimum Gasteiger partial charge on any atom is -0.477 e. The first-order chi connectivity index (χ1) is 9.70. The summed E-state index contributed by atoms with van der Waals surface area (Å²) in [6, 6.07) is 5.37. The van der Waals surface area contributed by atoms with Crippen molar-refractivity contribution in [3.05, 3.63) is 29.3 Å². The predicted molar refractivity (Wildman–Crippen MR) is 80.3 cm³/mol. The number of nitrogens with zero attached hydrogens (tertiary/aromatic N) is 2. The molecule has 2 heterocycles. The predicted octanol–water partition coefficient (Wildman–Crippen LogP) is 2.70. The number of hydrogen-bond donors (Lipinski definition) is 2. The third-order valence-electron chi connectivity index (χ3n) is 2.95. The summed E-state index contributed by atoms with van der Waals surface area (Å²) in [4.78, 5) is 12.1. The summed E-state index contributed by atoms with van der Waals surface area (Å²) in [6.07, 6.45) is 4.16. The topological polar surface area (TPSA) is 67.2 Å². The molecule has 0 unspecified atom stereocenters. The molecule has 6 heteroatoms. The average Bonchev–Trinajstić information content (AvgIpc) is 3.07. The highest BCUT2D eigenvalue weighted by molar-refractivity contribution is 7.17. The molecule has 0 atom stereocenters. The van der Waals surface area contributed by atoms with E-state index in [4.69, 9.17) is 5.11 Å². The minimum absolute atomic E-state index is 0.347. The molecule has 0 radical (unpaired) electrons. The number of carbonyl (C=O) groups is 1. The quantitative estimate of drug-likeness (QED) is 0.734. The van der Waals surface area contributed by atoms with Crippen molar-refractivity contribution in [1.82, 2.24) is 15.1 Å². The average molecular weight is 293 g/mol. The summed E-state index contributed by atoms with van der Waals surface area (Å²) in [5.74, 6) is -0.885. The summed E-state index contributed by atoms with van der Waals surface area (Å²) in [5, 5.41) is 16.7. The van der Waals surface area contributed by atoms with E-state index in [1.165, 1.54) is 11.3 Å². The van der Waals surface area contributed by atoms with Gasteiger partial charge in [-0.25, -0.2) is 4.79 Å². The van der Waals surface area contributed by atoms with Gasteiger partial charge in [0.1, 0.15) is 10.6 Å². The Morgan fingerprint density at radius 1 is 1.40 bits per heavy atom. The molecule has 0 aliphatic heterocycles. The van der Waals surface area contributed by atoms with Gasteiger partial charge in [0.25, 0.3) is 0 Å². The first kappa shape index (κ1) is 14.7. The number of aromatic carboxylic acids is 1. The lowest BCUT2D eigenvalue weighted by molar-refractivity contribution is 0.0702. The van der Waals surface area contributed by atoms with Crippen molar-refractivity contribution >= 4 is 17.3 Å². The summed E-state index contributed by atoms with van der Waals surface area (Å²) in [7, 11) is 0. The van der Waals surface area contributed by atoms with E-state index in [0.29, 0.717) is 4.88 Å². The van der Waals surface area contributed by atoms with Gasteiger partial charge in [0, 0.05) is 12.7 Å². The monoisotopic (exact) mass is 293 g/mol. The number of thiophene rings is 1. The van der Waals surface area contributed by atoms with Crippen LogP contribution in [0.3, 0.4) is 0 Å². The van der Waals surface area contributed by atoms with Gasteiger partial charge in [-0.3, -0.25) is 4.68 Å². The van der Waals surface area contributed by atoms with E-state index >= 15 is 0 Å². The molecule has 0 aliphatic rings. The van der Waals surface area contributed by atoms with Crippen molar-refractivity contribution < 1.29 is 9.90 Å². The lowest BCUT2D eigenvalue weighted by Gasteiger charge is -2.02. The van der Waals surface area contributed by atoms with Gasteiger partial charge < -0.3 is 10.4 Å².